The molecule has 0 amide bonds. The van der Waals surface area contributed by atoms with Gasteiger partial charge < -0.3 is 5.11 Å². The molecular formula is C11H9F3O2. The first-order chi connectivity index (χ1) is 7.50. The van der Waals surface area contributed by atoms with Crippen molar-refractivity contribution in [3.63, 3.8) is 0 Å². The Morgan fingerprint density at radius 2 is 2.00 bits per heavy atom. The van der Waals surface area contributed by atoms with Crippen molar-refractivity contribution in [2.75, 3.05) is 0 Å². The van der Waals surface area contributed by atoms with Crippen molar-refractivity contribution >= 4 is 12.0 Å². The third-order valence-electron chi connectivity index (χ3n) is 1.84. The molecule has 0 radical (unpaired) electrons. The zero-order chi connectivity index (χ0) is 12.1. The molecule has 1 rings (SSSR count). The Morgan fingerprint density at radius 3 is 2.62 bits per heavy atom. The molecule has 0 aliphatic heterocycles. The molecule has 0 aromatic heterocycles. The second kappa shape index (κ2) is 5.34. The molecule has 0 spiro atoms. The number of carboxylic acids is 1. The first-order valence-electron chi connectivity index (χ1n) is 4.53. The lowest BCUT2D eigenvalue weighted by molar-refractivity contribution is -0.136. The summed E-state index contributed by atoms with van der Waals surface area (Å²) < 4.78 is 38.5. The number of hydrogen-bond acceptors (Lipinski definition) is 1. The van der Waals surface area contributed by atoms with Crippen molar-refractivity contribution in [1.29, 1.82) is 0 Å². The minimum Gasteiger partial charge on any atom is -0.481 e. The highest BCUT2D eigenvalue weighted by Crippen LogP contribution is 2.15. The lowest BCUT2D eigenvalue weighted by atomic mass is 10.1. The standard InChI is InChI=1S/C11H9F3O2/c12-8-5-7(11(14)9(13)6-8)3-1-2-4-10(15)16/h1,3,5-6H,2,4H2,(H,15,16). The summed E-state index contributed by atoms with van der Waals surface area (Å²) in [5.74, 6) is -4.28. The van der Waals surface area contributed by atoms with Gasteiger partial charge in [0.1, 0.15) is 5.82 Å². The van der Waals surface area contributed by atoms with Gasteiger partial charge in [0.2, 0.25) is 0 Å². The monoisotopic (exact) mass is 230 g/mol. The topological polar surface area (TPSA) is 37.3 Å². The Labute approximate surface area is 90.0 Å². The van der Waals surface area contributed by atoms with Crippen LogP contribution in [0.1, 0.15) is 18.4 Å². The molecule has 5 heteroatoms. The average molecular weight is 230 g/mol. The van der Waals surface area contributed by atoms with Crippen LogP contribution in [0.3, 0.4) is 0 Å². The fraction of sp³-hybridized carbons (Fsp3) is 0.182. The summed E-state index contributed by atoms with van der Waals surface area (Å²) in [5, 5.41) is 8.33. The van der Waals surface area contributed by atoms with Gasteiger partial charge in [-0.15, -0.1) is 0 Å². The third-order valence-corrected chi connectivity index (χ3v) is 1.84. The molecule has 0 aliphatic carbocycles. The van der Waals surface area contributed by atoms with Gasteiger partial charge in [0.05, 0.1) is 0 Å². The largest absolute Gasteiger partial charge is 0.481 e. The maximum Gasteiger partial charge on any atom is 0.303 e. The first-order valence-corrected chi connectivity index (χ1v) is 4.53. The van der Waals surface area contributed by atoms with Crippen LogP contribution < -0.4 is 0 Å². The lowest BCUT2D eigenvalue weighted by Gasteiger charge is -1.98. The second-order valence-electron chi connectivity index (χ2n) is 3.13. The van der Waals surface area contributed by atoms with Crippen LogP contribution in [0.2, 0.25) is 0 Å². The fourth-order valence-corrected chi connectivity index (χ4v) is 1.11. The van der Waals surface area contributed by atoms with E-state index in [9.17, 15) is 18.0 Å². The zero-order valence-electron chi connectivity index (χ0n) is 8.21. The van der Waals surface area contributed by atoms with E-state index in [1.165, 1.54) is 6.08 Å². The number of carboxylic acid groups (broad SMARTS) is 1. The van der Waals surface area contributed by atoms with Crippen LogP contribution >= 0.6 is 0 Å². The van der Waals surface area contributed by atoms with Crippen LogP contribution in [-0.2, 0) is 4.79 Å². The average Bonchev–Trinajstić information content (AvgIpc) is 2.19. The molecule has 0 saturated heterocycles. The number of halogens is 3. The Balaban J connectivity index is 2.77. The molecule has 1 aromatic carbocycles. The van der Waals surface area contributed by atoms with E-state index in [2.05, 4.69) is 0 Å². The SMILES string of the molecule is O=C(O)CCC=Cc1cc(F)cc(F)c1F. The van der Waals surface area contributed by atoms with Gasteiger partial charge in [0.25, 0.3) is 0 Å². The summed E-state index contributed by atoms with van der Waals surface area (Å²) in [6, 6.07) is 1.29. The summed E-state index contributed by atoms with van der Waals surface area (Å²) in [6.45, 7) is 0. The third kappa shape index (κ3) is 3.42. The molecular weight excluding hydrogens is 221 g/mol. The molecule has 1 N–H and O–H groups in total. The number of aliphatic carboxylic acids is 1. The Kier molecular flexibility index (Phi) is 4.10. The van der Waals surface area contributed by atoms with Crippen molar-refractivity contribution in [1.82, 2.24) is 0 Å². The van der Waals surface area contributed by atoms with Crippen LogP contribution in [0.25, 0.3) is 6.08 Å². The molecule has 0 atom stereocenters. The van der Waals surface area contributed by atoms with Gasteiger partial charge in [-0.2, -0.15) is 0 Å². The molecule has 0 aliphatic rings. The maximum atomic E-state index is 13.1. The van der Waals surface area contributed by atoms with E-state index < -0.39 is 23.4 Å². The summed E-state index contributed by atoms with van der Waals surface area (Å²) in [4.78, 5) is 10.2. The number of hydrogen-bond donors (Lipinski definition) is 1. The summed E-state index contributed by atoms with van der Waals surface area (Å²) >= 11 is 0. The highest BCUT2D eigenvalue weighted by Gasteiger charge is 2.08. The molecule has 0 unspecified atom stereocenters. The van der Waals surface area contributed by atoms with Gasteiger partial charge in [0.15, 0.2) is 11.6 Å². The molecule has 2 nitrogen and oxygen atoms in total. The van der Waals surface area contributed by atoms with Crippen molar-refractivity contribution in [3.05, 3.63) is 41.2 Å². The maximum absolute atomic E-state index is 13.1. The highest BCUT2D eigenvalue weighted by atomic mass is 19.2. The number of rotatable bonds is 4. The van der Waals surface area contributed by atoms with Gasteiger partial charge in [-0.3, -0.25) is 4.79 Å². The molecule has 86 valence electrons. The normalized spacial score (nSPS) is 10.9. The van der Waals surface area contributed by atoms with Crippen LogP contribution in [0.15, 0.2) is 18.2 Å². The van der Waals surface area contributed by atoms with Gasteiger partial charge in [-0.25, -0.2) is 13.2 Å². The number of benzene rings is 1. The van der Waals surface area contributed by atoms with E-state index in [1.807, 2.05) is 0 Å². The van der Waals surface area contributed by atoms with Gasteiger partial charge in [-0.05, 0) is 12.5 Å². The predicted octanol–water partition coefficient (Wildman–Crippen LogP) is 2.98. The fourth-order valence-electron chi connectivity index (χ4n) is 1.11. The smallest absolute Gasteiger partial charge is 0.303 e. The van der Waals surface area contributed by atoms with Crippen LogP contribution in [0, 0.1) is 17.5 Å². The highest BCUT2D eigenvalue weighted by molar-refractivity contribution is 5.67. The zero-order valence-corrected chi connectivity index (χ0v) is 8.21. The quantitative estimate of drug-likeness (QED) is 0.807. The van der Waals surface area contributed by atoms with Crippen LogP contribution in [0.4, 0.5) is 13.2 Å². The van der Waals surface area contributed by atoms with Crippen molar-refractivity contribution in [3.8, 4) is 0 Å². The summed E-state index contributed by atoms with van der Waals surface area (Å²) in [6.07, 6.45) is 2.57. The van der Waals surface area contributed by atoms with E-state index in [0.717, 1.165) is 12.1 Å². The van der Waals surface area contributed by atoms with Gasteiger partial charge in [-0.1, -0.05) is 12.2 Å². The van der Waals surface area contributed by atoms with E-state index in [4.69, 9.17) is 5.11 Å². The number of allylic oxidation sites excluding steroid dienone is 1. The minimum absolute atomic E-state index is 0.115. The molecule has 0 bridgehead atoms. The Hall–Kier alpha value is -1.78. The molecule has 0 fully saturated rings. The minimum atomic E-state index is -1.27. The van der Waals surface area contributed by atoms with Crippen molar-refractivity contribution in [2.24, 2.45) is 0 Å². The van der Waals surface area contributed by atoms with Gasteiger partial charge in [0, 0.05) is 18.1 Å². The molecule has 1 aromatic rings. The second-order valence-corrected chi connectivity index (χ2v) is 3.13. The van der Waals surface area contributed by atoms with Crippen molar-refractivity contribution in [2.45, 2.75) is 12.8 Å². The van der Waals surface area contributed by atoms with E-state index in [0.29, 0.717) is 6.07 Å². The Bertz CT molecular complexity index is 427. The van der Waals surface area contributed by atoms with E-state index in [-0.39, 0.29) is 18.4 Å². The molecule has 0 saturated carbocycles. The Morgan fingerprint density at radius 1 is 1.31 bits per heavy atom. The summed E-state index contributed by atoms with van der Waals surface area (Å²) in [5.41, 5.74) is -0.233. The van der Waals surface area contributed by atoms with Crippen LogP contribution in [-0.4, -0.2) is 11.1 Å². The molecule has 16 heavy (non-hydrogen) atoms. The summed E-state index contributed by atoms with van der Waals surface area (Å²) in [7, 11) is 0. The van der Waals surface area contributed by atoms with Crippen molar-refractivity contribution < 1.29 is 23.1 Å². The van der Waals surface area contributed by atoms with Gasteiger partial charge >= 0.3 is 5.97 Å². The van der Waals surface area contributed by atoms with Crippen LogP contribution in [0.5, 0.6) is 0 Å². The lowest BCUT2D eigenvalue weighted by Crippen LogP contribution is -1.93. The molecule has 0 heterocycles. The predicted molar refractivity (Wildman–Crippen MR) is 52.2 cm³/mol. The first kappa shape index (κ1) is 12.3. The van der Waals surface area contributed by atoms with E-state index in [1.54, 1.807) is 0 Å². The number of carbonyl (C=O) groups is 1. The van der Waals surface area contributed by atoms with E-state index >= 15 is 0 Å².